The highest BCUT2D eigenvalue weighted by Crippen LogP contribution is 2.13. The third-order valence-corrected chi connectivity index (χ3v) is 2.86. The van der Waals surface area contributed by atoms with Crippen molar-refractivity contribution >= 4 is 5.78 Å². The van der Waals surface area contributed by atoms with Crippen molar-refractivity contribution in [1.82, 2.24) is 0 Å². The number of rotatable bonds is 6. The highest BCUT2D eigenvalue weighted by Gasteiger charge is 2.08. The lowest BCUT2D eigenvalue weighted by Gasteiger charge is -2.08. The molecule has 0 radical (unpaired) electrons. The standard InChI is InChI=1S/C14H21NO/c1-11(8-9-15)6-7-14(16)13-5-3-4-12(2)10-13/h3-5,10-11H,6-9,15H2,1-2H3. The third kappa shape index (κ3) is 4.15. The molecule has 0 aliphatic carbocycles. The molecule has 0 saturated heterocycles. The van der Waals surface area contributed by atoms with E-state index in [2.05, 4.69) is 6.92 Å². The topological polar surface area (TPSA) is 43.1 Å². The molecule has 0 saturated carbocycles. The van der Waals surface area contributed by atoms with Gasteiger partial charge in [-0.05, 0) is 38.3 Å². The van der Waals surface area contributed by atoms with Crippen molar-refractivity contribution in [2.24, 2.45) is 11.7 Å². The maximum absolute atomic E-state index is 11.9. The van der Waals surface area contributed by atoms with Crippen molar-refractivity contribution < 1.29 is 4.79 Å². The molecule has 1 aromatic rings. The van der Waals surface area contributed by atoms with Crippen molar-refractivity contribution in [1.29, 1.82) is 0 Å². The Labute approximate surface area is 97.9 Å². The minimum Gasteiger partial charge on any atom is -0.330 e. The van der Waals surface area contributed by atoms with Crippen LogP contribution in [0.15, 0.2) is 24.3 Å². The Morgan fingerprint density at radius 3 is 2.75 bits per heavy atom. The average molecular weight is 219 g/mol. The summed E-state index contributed by atoms with van der Waals surface area (Å²) < 4.78 is 0. The molecule has 16 heavy (non-hydrogen) atoms. The van der Waals surface area contributed by atoms with E-state index < -0.39 is 0 Å². The predicted molar refractivity (Wildman–Crippen MR) is 67.6 cm³/mol. The largest absolute Gasteiger partial charge is 0.330 e. The summed E-state index contributed by atoms with van der Waals surface area (Å²) >= 11 is 0. The van der Waals surface area contributed by atoms with Gasteiger partial charge in [0.25, 0.3) is 0 Å². The van der Waals surface area contributed by atoms with Gasteiger partial charge in [0, 0.05) is 12.0 Å². The normalized spacial score (nSPS) is 12.4. The second-order valence-corrected chi connectivity index (χ2v) is 4.51. The molecule has 2 heteroatoms. The summed E-state index contributed by atoms with van der Waals surface area (Å²) in [5, 5.41) is 0. The second-order valence-electron chi connectivity index (χ2n) is 4.51. The molecule has 0 aromatic heterocycles. The van der Waals surface area contributed by atoms with Crippen molar-refractivity contribution in [3.63, 3.8) is 0 Å². The highest BCUT2D eigenvalue weighted by atomic mass is 16.1. The molecule has 1 aromatic carbocycles. The SMILES string of the molecule is Cc1cccc(C(=O)CCC(C)CCN)c1. The number of nitrogens with two attached hydrogens (primary N) is 1. The quantitative estimate of drug-likeness (QED) is 0.747. The zero-order chi connectivity index (χ0) is 12.0. The van der Waals surface area contributed by atoms with Gasteiger partial charge in [-0.2, -0.15) is 0 Å². The lowest BCUT2D eigenvalue weighted by Crippen LogP contribution is -2.08. The monoisotopic (exact) mass is 219 g/mol. The first kappa shape index (κ1) is 12.9. The molecule has 1 unspecified atom stereocenters. The molecule has 2 N–H and O–H groups in total. The van der Waals surface area contributed by atoms with Crippen LogP contribution in [0.5, 0.6) is 0 Å². The van der Waals surface area contributed by atoms with Gasteiger partial charge < -0.3 is 5.73 Å². The van der Waals surface area contributed by atoms with Crippen LogP contribution in [-0.4, -0.2) is 12.3 Å². The summed E-state index contributed by atoms with van der Waals surface area (Å²) in [6.45, 7) is 4.87. The van der Waals surface area contributed by atoms with Crippen molar-refractivity contribution in [3.05, 3.63) is 35.4 Å². The molecule has 0 aliphatic heterocycles. The summed E-state index contributed by atoms with van der Waals surface area (Å²) in [6.07, 6.45) is 2.57. The fraction of sp³-hybridized carbons (Fsp3) is 0.500. The number of ketones is 1. The molecule has 88 valence electrons. The number of aryl methyl sites for hydroxylation is 1. The molecular formula is C14H21NO. The van der Waals surface area contributed by atoms with Crippen LogP contribution < -0.4 is 5.73 Å². The number of hydrogen-bond donors (Lipinski definition) is 1. The van der Waals surface area contributed by atoms with E-state index >= 15 is 0 Å². The van der Waals surface area contributed by atoms with Gasteiger partial charge in [-0.3, -0.25) is 4.79 Å². The maximum Gasteiger partial charge on any atom is 0.162 e. The predicted octanol–water partition coefficient (Wildman–Crippen LogP) is 2.94. The summed E-state index contributed by atoms with van der Waals surface area (Å²) in [7, 11) is 0. The van der Waals surface area contributed by atoms with E-state index in [9.17, 15) is 4.79 Å². The van der Waals surface area contributed by atoms with E-state index in [1.165, 1.54) is 0 Å². The van der Waals surface area contributed by atoms with Crippen LogP contribution in [0, 0.1) is 12.8 Å². The molecule has 1 rings (SSSR count). The van der Waals surface area contributed by atoms with Crippen LogP contribution in [0.1, 0.15) is 42.1 Å². The zero-order valence-corrected chi connectivity index (χ0v) is 10.2. The number of carbonyl (C=O) groups is 1. The minimum absolute atomic E-state index is 0.243. The minimum atomic E-state index is 0.243. The summed E-state index contributed by atoms with van der Waals surface area (Å²) in [5.41, 5.74) is 7.45. The van der Waals surface area contributed by atoms with Crippen LogP contribution >= 0.6 is 0 Å². The van der Waals surface area contributed by atoms with Crippen LogP contribution in [0.2, 0.25) is 0 Å². The third-order valence-electron chi connectivity index (χ3n) is 2.86. The van der Waals surface area contributed by atoms with E-state index in [1.807, 2.05) is 31.2 Å². The second kappa shape index (κ2) is 6.44. The van der Waals surface area contributed by atoms with Gasteiger partial charge in [-0.15, -0.1) is 0 Å². The van der Waals surface area contributed by atoms with E-state index in [1.54, 1.807) is 0 Å². The molecular weight excluding hydrogens is 198 g/mol. The summed E-state index contributed by atoms with van der Waals surface area (Å²) in [6, 6.07) is 7.79. The molecule has 0 fully saturated rings. The highest BCUT2D eigenvalue weighted by molar-refractivity contribution is 5.96. The van der Waals surface area contributed by atoms with Gasteiger partial charge in [0.15, 0.2) is 5.78 Å². The van der Waals surface area contributed by atoms with E-state index in [4.69, 9.17) is 5.73 Å². The van der Waals surface area contributed by atoms with Crippen LogP contribution in [0.25, 0.3) is 0 Å². The van der Waals surface area contributed by atoms with Gasteiger partial charge in [-0.1, -0.05) is 30.7 Å². The summed E-state index contributed by atoms with van der Waals surface area (Å²) in [5.74, 6) is 0.784. The van der Waals surface area contributed by atoms with E-state index in [-0.39, 0.29) is 5.78 Å². The van der Waals surface area contributed by atoms with E-state index in [0.29, 0.717) is 18.9 Å². The molecule has 0 aliphatic rings. The summed E-state index contributed by atoms with van der Waals surface area (Å²) in [4.78, 5) is 11.9. The van der Waals surface area contributed by atoms with Gasteiger partial charge in [0.1, 0.15) is 0 Å². The number of hydrogen-bond acceptors (Lipinski definition) is 2. The first-order chi connectivity index (χ1) is 7.63. The fourth-order valence-corrected chi connectivity index (χ4v) is 1.77. The first-order valence-corrected chi connectivity index (χ1v) is 5.93. The van der Waals surface area contributed by atoms with Gasteiger partial charge >= 0.3 is 0 Å². The Hall–Kier alpha value is -1.15. The van der Waals surface area contributed by atoms with Gasteiger partial charge in [0.2, 0.25) is 0 Å². The van der Waals surface area contributed by atoms with Gasteiger partial charge in [-0.25, -0.2) is 0 Å². The molecule has 0 heterocycles. The molecule has 2 nitrogen and oxygen atoms in total. The number of benzene rings is 1. The van der Waals surface area contributed by atoms with Gasteiger partial charge in [0.05, 0.1) is 0 Å². The van der Waals surface area contributed by atoms with Crippen LogP contribution in [0.4, 0.5) is 0 Å². The molecule has 1 atom stereocenters. The Morgan fingerprint density at radius 2 is 2.12 bits per heavy atom. The van der Waals surface area contributed by atoms with Crippen molar-refractivity contribution in [2.45, 2.75) is 33.1 Å². The Bertz CT molecular complexity index is 346. The first-order valence-electron chi connectivity index (χ1n) is 5.93. The smallest absolute Gasteiger partial charge is 0.162 e. The fourth-order valence-electron chi connectivity index (χ4n) is 1.77. The molecule has 0 spiro atoms. The van der Waals surface area contributed by atoms with E-state index in [0.717, 1.165) is 24.0 Å². The van der Waals surface area contributed by atoms with Crippen molar-refractivity contribution in [3.8, 4) is 0 Å². The molecule has 0 amide bonds. The Balaban J connectivity index is 2.47. The van der Waals surface area contributed by atoms with Crippen LogP contribution in [0.3, 0.4) is 0 Å². The van der Waals surface area contributed by atoms with Crippen LogP contribution in [-0.2, 0) is 0 Å². The number of carbonyl (C=O) groups excluding carboxylic acids is 1. The maximum atomic E-state index is 11.9. The lowest BCUT2D eigenvalue weighted by molar-refractivity contribution is 0.0974. The Morgan fingerprint density at radius 1 is 1.38 bits per heavy atom. The van der Waals surface area contributed by atoms with Crippen molar-refractivity contribution in [2.75, 3.05) is 6.54 Å². The zero-order valence-electron chi connectivity index (χ0n) is 10.2. The lowest BCUT2D eigenvalue weighted by atomic mass is 9.97. The number of Topliss-reactive ketones (excluding diaryl/α,β-unsaturated/α-hetero) is 1. The molecule has 0 bridgehead atoms. The average Bonchev–Trinajstić information content (AvgIpc) is 2.26. The Kier molecular flexibility index (Phi) is 5.20.